The summed E-state index contributed by atoms with van der Waals surface area (Å²) < 4.78 is 166. The number of aryl methyl sites for hydroxylation is 1. The molecule has 3 aromatic heterocycles. The third-order valence-electron chi connectivity index (χ3n) is 11.4. The Kier molecular flexibility index (Phi) is 18.7. The van der Waals surface area contributed by atoms with Crippen molar-refractivity contribution >= 4 is 145 Å². The van der Waals surface area contributed by atoms with E-state index in [1.54, 1.807) is 31.2 Å². The Labute approximate surface area is 468 Å². The Morgan fingerprint density at radius 1 is 0.728 bits per heavy atom. The largest absolute Gasteiger partial charge is 0.493 e. The number of aliphatic hydroxyl groups excluding tert-OH is 2. The van der Waals surface area contributed by atoms with Crippen molar-refractivity contribution in [3.05, 3.63) is 94.5 Å². The van der Waals surface area contributed by atoms with Crippen molar-refractivity contribution in [2.45, 2.75) is 54.6 Å². The summed E-state index contributed by atoms with van der Waals surface area (Å²) in [5.41, 5.74) is 0.130. The number of thioether (sulfide) groups is 1. The third kappa shape index (κ3) is 14.8. The Hall–Kier alpha value is -7.38. The molecule has 0 atom stereocenters. The van der Waals surface area contributed by atoms with Gasteiger partial charge in [-0.1, -0.05) is 35.6 Å². The second-order valence-corrected chi connectivity index (χ2v) is 25.3. The van der Waals surface area contributed by atoms with Crippen molar-refractivity contribution < 1.29 is 84.6 Å². The van der Waals surface area contributed by atoms with E-state index < -0.39 is 91.5 Å². The van der Waals surface area contributed by atoms with E-state index in [0.717, 1.165) is 39.6 Å². The molecule has 3 heterocycles. The van der Waals surface area contributed by atoms with E-state index in [-0.39, 0.29) is 109 Å². The molecular weight excluding hydrogens is 1210 g/mol. The highest BCUT2D eigenvalue weighted by atomic mass is 32.2. The summed E-state index contributed by atoms with van der Waals surface area (Å²) in [4.78, 5) is 7.91. The average Bonchev–Trinajstić information content (AvgIpc) is 4.20. The van der Waals surface area contributed by atoms with Gasteiger partial charge in [0.15, 0.2) is 11.3 Å². The molecule has 0 aliphatic rings. The molecule has 0 aliphatic carbocycles. The zero-order chi connectivity index (χ0) is 59.4. The number of nitrogens with zero attached hydrogens (tertiary/aromatic N) is 10. The summed E-state index contributed by atoms with van der Waals surface area (Å²) >= 11 is 2.09. The van der Waals surface area contributed by atoms with Crippen molar-refractivity contribution in [1.82, 2.24) is 14.4 Å². The molecule has 8 aromatic rings. The highest BCUT2D eigenvalue weighted by Crippen LogP contribution is 2.44. The number of aromatic nitrogens is 3. The average molecular weight is 1250 g/mol. The lowest BCUT2D eigenvalue weighted by Gasteiger charge is -2.12. The number of pyridine rings is 1. The monoisotopic (exact) mass is 1250 g/mol. The SMILES string of the molecule is Cc1cc(N=Nc2c(C)c(C#N)c3nc4cc(S(=O)(=O)O)c(CO)cc4n3c2O)c(OCCCS(=O)(=O)O)cc1N=Nc1cc(CO)c(N=Nc2nc3c(S(=O)(=O)O)cc4ccccc4c3s2)cc1SCCCS(=O)(=O)O.O=S(=O)=O. The molecule has 81 heavy (non-hydrogen) atoms. The first-order valence-corrected chi connectivity index (χ1v) is 31.5. The lowest BCUT2D eigenvalue weighted by Crippen LogP contribution is -2.08. The fourth-order valence-corrected chi connectivity index (χ4v) is 12.3. The van der Waals surface area contributed by atoms with Gasteiger partial charge < -0.3 is 20.1 Å². The van der Waals surface area contributed by atoms with E-state index in [2.05, 4.69) is 40.7 Å². The van der Waals surface area contributed by atoms with Crippen LogP contribution in [0.25, 0.3) is 37.7 Å². The van der Waals surface area contributed by atoms with E-state index in [1.807, 2.05) is 6.07 Å². The van der Waals surface area contributed by atoms with Crippen LogP contribution in [0.15, 0.2) is 112 Å². The van der Waals surface area contributed by atoms with Gasteiger partial charge in [-0.2, -0.15) is 44.0 Å². The topological polar surface area (TPSA) is 467 Å². The predicted molar refractivity (Wildman–Crippen MR) is 291 cm³/mol. The van der Waals surface area contributed by atoms with Crippen LogP contribution in [0.4, 0.5) is 33.6 Å². The molecule has 0 saturated heterocycles. The van der Waals surface area contributed by atoms with Gasteiger partial charge in [0.05, 0.1) is 64.1 Å². The number of rotatable bonds is 20. The molecule has 0 amide bonds. The zero-order valence-electron chi connectivity index (χ0n) is 41.4. The normalized spacial score (nSPS) is 12.6. The molecular formula is C45H40N10O19S7. The summed E-state index contributed by atoms with van der Waals surface area (Å²) in [7, 11) is -21.4. The van der Waals surface area contributed by atoms with Crippen LogP contribution in [0.3, 0.4) is 0 Å². The highest BCUT2D eigenvalue weighted by Gasteiger charge is 2.26. The van der Waals surface area contributed by atoms with Gasteiger partial charge in [0.2, 0.25) is 11.0 Å². The van der Waals surface area contributed by atoms with Crippen LogP contribution in [0.2, 0.25) is 0 Å². The van der Waals surface area contributed by atoms with Crippen molar-refractivity contribution in [3.8, 4) is 17.7 Å². The smallest absolute Gasteiger partial charge is 0.425 e. The van der Waals surface area contributed by atoms with Crippen molar-refractivity contribution in [3.63, 3.8) is 0 Å². The lowest BCUT2D eigenvalue weighted by molar-refractivity contribution is 0.278. The van der Waals surface area contributed by atoms with Crippen LogP contribution < -0.4 is 4.74 Å². The minimum Gasteiger partial charge on any atom is -0.493 e. The lowest BCUT2D eigenvalue weighted by atomic mass is 10.1. The maximum absolute atomic E-state index is 12.4. The number of aliphatic hydroxyl groups is 2. The van der Waals surface area contributed by atoms with Crippen LogP contribution in [0, 0.1) is 25.2 Å². The fourth-order valence-electron chi connectivity index (χ4n) is 7.78. The number of hydrogen-bond donors (Lipinski definition) is 7. The van der Waals surface area contributed by atoms with E-state index in [4.69, 9.17) is 17.4 Å². The summed E-state index contributed by atoms with van der Waals surface area (Å²) in [5.74, 6) is -1.81. The predicted octanol–water partition coefficient (Wildman–Crippen LogP) is 8.19. The van der Waals surface area contributed by atoms with Gasteiger partial charge in [-0.05, 0) is 79.8 Å². The molecule has 0 aliphatic heterocycles. The maximum atomic E-state index is 12.4. The molecule has 5 aromatic carbocycles. The first-order chi connectivity index (χ1) is 38.0. The number of ether oxygens (including phenoxy) is 1. The summed E-state index contributed by atoms with van der Waals surface area (Å²) in [6.07, 6.45) is -0.204. The van der Waals surface area contributed by atoms with E-state index in [9.17, 15) is 72.5 Å². The molecule has 29 nitrogen and oxygen atoms in total. The van der Waals surface area contributed by atoms with E-state index in [0.29, 0.717) is 25.9 Å². The number of azo groups is 3. The van der Waals surface area contributed by atoms with Crippen molar-refractivity contribution in [2.75, 3.05) is 23.9 Å². The number of fused-ring (bicyclic) bond motifs is 6. The summed E-state index contributed by atoms with van der Waals surface area (Å²) in [6.45, 7) is 1.28. The van der Waals surface area contributed by atoms with Crippen LogP contribution >= 0.6 is 23.1 Å². The molecule has 0 saturated carbocycles. The van der Waals surface area contributed by atoms with E-state index in [1.165, 1.54) is 37.3 Å². The minimum atomic E-state index is -4.83. The van der Waals surface area contributed by atoms with Crippen LogP contribution in [-0.2, 0) is 64.3 Å². The Bertz CT molecular complexity index is 4580. The van der Waals surface area contributed by atoms with Gasteiger partial charge in [-0.3, -0.25) is 22.6 Å². The molecule has 0 fully saturated rings. The maximum Gasteiger partial charge on any atom is 0.425 e. The summed E-state index contributed by atoms with van der Waals surface area (Å²) in [6, 6.07) is 18.0. The summed E-state index contributed by atoms with van der Waals surface area (Å²) in [5, 5.41) is 69.5. The molecule has 0 bridgehead atoms. The standard InChI is InChI=1S/C45H40N10O16S6.O3S/c1-23-13-33(51-53-40-24(2)29(20-46)43-47-32-19-38(76(65,66)67)27(22-57)15-35(32)55(43)44(40)58)36(71-9-5-11-74(59,60)61)17-30(23)49-52-34-14-26(21-56)31(18-37(34)72-10-6-12-75(62,63)64)50-54-45-48-41-39(77(68,69)70)16-25-7-3-4-8-28(25)42(41)73-45;1-4(2)3/h3-4,7-8,13-19,56-58H,5-6,9-12,21-22H2,1-2H3,(H,59,60,61)(H,62,63,64)(H,65,66,67)(H,68,69,70);. The quantitative estimate of drug-likeness (QED) is 0.0163. The second kappa shape index (κ2) is 24.8. The fraction of sp³-hybridized carbons (Fsp3) is 0.222. The molecule has 7 N–H and O–H groups in total. The van der Waals surface area contributed by atoms with Crippen LogP contribution in [0.1, 0.15) is 40.7 Å². The number of hydrogen-bond acceptors (Lipinski definition) is 26. The molecule has 0 radical (unpaired) electrons. The number of nitriles is 1. The molecule has 0 spiro atoms. The van der Waals surface area contributed by atoms with Crippen molar-refractivity contribution in [2.24, 2.45) is 30.7 Å². The third-order valence-corrected chi connectivity index (χ3v) is 16.9. The molecule has 36 heteroatoms. The number of aromatic hydroxyl groups is 1. The number of imidazole rings is 1. The van der Waals surface area contributed by atoms with Gasteiger partial charge in [0.1, 0.15) is 38.4 Å². The zero-order valence-corrected chi connectivity index (χ0v) is 47.1. The van der Waals surface area contributed by atoms with Gasteiger partial charge >= 0.3 is 10.6 Å². The Morgan fingerprint density at radius 3 is 2.00 bits per heavy atom. The van der Waals surface area contributed by atoms with Gasteiger partial charge in [0, 0.05) is 33.0 Å². The molecule has 0 unspecified atom stereocenters. The van der Waals surface area contributed by atoms with Gasteiger partial charge in [-0.15, -0.1) is 50.0 Å². The minimum absolute atomic E-state index is 0.00559. The van der Waals surface area contributed by atoms with E-state index >= 15 is 0 Å². The second-order valence-electron chi connectivity index (χ2n) is 16.9. The first kappa shape index (κ1) is 61.2. The number of benzene rings is 5. The Balaban J connectivity index is 0.00000229. The first-order valence-electron chi connectivity index (χ1n) is 22.6. The number of thiazole rings is 1. The van der Waals surface area contributed by atoms with Crippen LogP contribution in [0.5, 0.6) is 11.6 Å². The highest BCUT2D eigenvalue weighted by molar-refractivity contribution is 7.99. The molecule has 8 rings (SSSR count). The molecule has 426 valence electrons. The van der Waals surface area contributed by atoms with Crippen LogP contribution in [-0.4, -0.2) is 118 Å². The van der Waals surface area contributed by atoms with Gasteiger partial charge in [-0.25, -0.2) is 9.97 Å². The van der Waals surface area contributed by atoms with Crippen molar-refractivity contribution in [1.29, 1.82) is 5.26 Å². The Morgan fingerprint density at radius 2 is 1.36 bits per heavy atom. The van der Waals surface area contributed by atoms with Gasteiger partial charge in [0.25, 0.3) is 40.5 Å².